The summed E-state index contributed by atoms with van der Waals surface area (Å²) in [6.07, 6.45) is 2.68. The van der Waals surface area contributed by atoms with E-state index in [4.69, 9.17) is 0 Å². The topological polar surface area (TPSA) is 112 Å². The number of H-pyrrole nitrogens is 1. The van der Waals surface area contributed by atoms with Gasteiger partial charge in [0, 0.05) is 35.0 Å². The van der Waals surface area contributed by atoms with Crippen LogP contribution in [-0.4, -0.2) is 33.4 Å². The first-order chi connectivity index (χ1) is 16.2. The largest absolute Gasteiger partial charge is 0.417 e. The summed E-state index contributed by atoms with van der Waals surface area (Å²) in [7, 11) is 0. The molecule has 34 heavy (non-hydrogen) atoms. The Morgan fingerprint density at radius 3 is 2.74 bits per heavy atom. The molecule has 0 saturated heterocycles. The molecular formula is C23H19F3N6O2. The van der Waals surface area contributed by atoms with E-state index in [-0.39, 0.29) is 40.2 Å². The quantitative estimate of drug-likeness (QED) is 0.638. The Bertz CT molecular complexity index is 1310. The normalized spacial score (nSPS) is 21.0. The molecule has 1 fully saturated rings. The number of aryl methyl sites for hydroxylation is 1. The van der Waals surface area contributed by atoms with E-state index in [1.54, 1.807) is 13.0 Å². The number of benzene rings is 1. The predicted octanol–water partition coefficient (Wildman–Crippen LogP) is 3.56. The second-order valence-corrected chi connectivity index (χ2v) is 8.25. The summed E-state index contributed by atoms with van der Waals surface area (Å²) in [4.78, 5) is 33.8. The Labute approximate surface area is 191 Å². The molecule has 1 unspecified atom stereocenters. The smallest absolute Gasteiger partial charge is 0.332 e. The average molecular weight is 468 g/mol. The summed E-state index contributed by atoms with van der Waals surface area (Å²) < 4.78 is 41.8. The number of allylic oxidation sites excluding steroid dienone is 2. The van der Waals surface area contributed by atoms with Gasteiger partial charge in [-0.05, 0) is 38.0 Å². The van der Waals surface area contributed by atoms with Gasteiger partial charge in [-0.3, -0.25) is 19.7 Å². The molecule has 1 saturated carbocycles. The van der Waals surface area contributed by atoms with Crippen molar-refractivity contribution in [1.29, 1.82) is 0 Å². The van der Waals surface area contributed by atoms with E-state index in [1.807, 2.05) is 0 Å². The van der Waals surface area contributed by atoms with Gasteiger partial charge in [0.2, 0.25) is 11.8 Å². The van der Waals surface area contributed by atoms with Crippen LogP contribution in [0.5, 0.6) is 0 Å². The van der Waals surface area contributed by atoms with Crippen molar-refractivity contribution in [3.8, 4) is 11.1 Å². The maximum atomic E-state index is 13.9. The molecule has 0 radical (unpaired) electrons. The molecule has 1 atom stereocenters. The molecule has 0 bridgehead atoms. The summed E-state index contributed by atoms with van der Waals surface area (Å²) in [6, 6.07) is 3.69. The van der Waals surface area contributed by atoms with Crippen LogP contribution in [0.3, 0.4) is 0 Å². The molecule has 0 spiro atoms. The van der Waals surface area contributed by atoms with Gasteiger partial charge < -0.3 is 10.6 Å². The number of fused-ring (bicyclic) bond motifs is 1. The fraction of sp³-hybridized carbons (Fsp3) is 0.261. The van der Waals surface area contributed by atoms with E-state index >= 15 is 0 Å². The van der Waals surface area contributed by atoms with Crippen LogP contribution in [0.25, 0.3) is 11.1 Å². The van der Waals surface area contributed by atoms with E-state index in [1.165, 1.54) is 30.6 Å². The number of amides is 2. The maximum absolute atomic E-state index is 13.9. The zero-order chi connectivity index (χ0) is 24.0. The molecule has 2 amide bonds. The number of nitrogens with one attached hydrogen (secondary N) is 3. The zero-order valence-electron chi connectivity index (χ0n) is 17.9. The minimum Gasteiger partial charge on any atom is -0.332 e. The average Bonchev–Trinajstić information content (AvgIpc) is 3.54. The number of carbonyl (C=O) groups excluding carboxylic acids is 2. The SMILES string of the molecule is Cc1[nH]ncc1-c1c(N=C2C=C(NC(=O)C3CC3)N=C3C=CNC(=O)C32)cccc1C(F)(F)F. The van der Waals surface area contributed by atoms with Crippen LogP contribution in [0.4, 0.5) is 18.9 Å². The lowest BCUT2D eigenvalue weighted by Gasteiger charge is -2.25. The molecule has 2 aliphatic heterocycles. The van der Waals surface area contributed by atoms with Gasteiger partial charge in [0.1, 0.15) is 11.7 Å². The van der Waals surface area contributed by atoms with Crippen LogP contribution in [0, 0.1) is 18.8 Å². The molecule has 3 N–H and O–H groups in total. The highest BCUT2D eigenvalue weighted by atomic mass is 19.4. The molecule has 3 heterocycles. The van der Waals surface area contributed by atoms with Crippen LogP contribution < -0.4 is 10.6 Å². The van der Waals surface area contributed by atoms with Gasteiger partial charge >= 0.3 is 6.18 Å². The Morgan fingerprint density at radius 2 is 2.06 bits per heavy atom. The molecule has 5 rings (SSSR count). The van der Waals surface area contributed by atoms with Gasteiger partial charge in [0.05, 0.1) is 28.9 Å². The first kappa shape index (κ1) is 21.8. The van der Waals surface area contributed by atoms with E-state index < -0.39 is 23.6 Å². The second-order valence-electron chi connectivity index (χ2n) is 8.25. The minimum atomic E-state index is -4.64. The molecule has 2 aromatic rings. The molecule has 3 aliphatic rings. The van der Waals surface area contributed by atoms with Crippen molar-refractivity contribution in [2.24, 2.45) is 21.8 Å². The predicted molar refractivity (Wildman–Crippen MR) is 118 cm³/mol. The summed E-state index contributed by atoms with van der Waals surface area (Å²) in [6.45, 7) is 1.61. The Kier molecular flexibility index (Phi) is 5.18. The second kappa shape index (κ2) is 8.08. The lowest BCUT2D eigenvalue weighted by molar-refractivity contribution is -0.137. The van der Waals surface area contributed by atoms with Gasteiger partial charge in [0.25, 0.3) is 0 Å². The number of alkyl halides is 3. The third-order valence-electron chi connectivity index (χ3n) is 5.76. The van der Waals surface area contributed by atoms with Gasteiger partial charge in [-0.25, -0.2) is 4.99 Å². The number of hydrogen-bond acceptors (Lipinski definition) is 5. The van der Waals surface area contributed by atoms with Crippen molar-refractivity contribution in [3.05, 3.63) is 59.8 Å². The van der Waals surface area contributed by atoms with Crippen molar-refractivity contribution >= 4 is 28.9 Å². The van der Waals surface area contributed by atoms with E-state index in [2.05, 4.69) is 30.8 Å². The molecular weight excluding hydrogens is 449 g/mol. The Hall–Kier alpha value is -4.02. The van der Waals surface area contributed by atoms with Crippen molar-refractivity contribution < 1.29 is 22.8 Å². The Morgan fingerprint density at radius 1 is 1.26 bits per heavy atom. The summed E-state index contributed by atoms with van der Waals surface area (Å²) >= 11 is 0. The molecule has 1 aromatic heterocycles. The fourth-order valence-electron chi connectivity index (χ4n) is 3.93. The number of carbonyl (C=O) groups is 2. The number of nitrogens with zero attached hydrogens (tertiary/aromatic N) is 3. The number of rotatable bonds is 4. The standard InChI is InChI=1S/C23H19F3N6O2/c1-11-13(10-28-32-11)19-14(23(24,25)26)3-2-4-15(19)29-17-9-18(31-21(33)12-5-6-12)30-16-7-8-27-22(34)20(16)17/h2-4,7-10,12,20H,5-6H2,1H3,(H,27,34)(H,28,32)(H,31,33). The van der Waals surface area contributed by atoms with Gasteiger partial charge in [0.15, 0.2) is 0 Å². The van der Waals surface area contributed by atoms with Crippen molar-refractivity contribution in [1.82, 2.24) is 20.8 Å². The first-order valence-electron chi connectivity index (χ1n) is 10.6. The van der Waals surface area contributed by atoms with Crippen LogP contribution in [0.2, 0.25) is 0 Å². The number of hydrogen-bond donors (Lipinski definition) is 3. The third-order valence-corrected chi connectivity index (χ3v) is 5.76. The number of aromatic amines is 1. The number of aromatic nitrogens is 2. The third kappa shape index (κ3) is 4.04. The highest BCUT2D eigenvalue weighted by molar-refractivity contribution is 6.31. The van der Waals surface area contributed by atoms with E-state index in [0.29, 0.717) is 11.4 Å². The molecule has 8 nitrogen and oxygen atoms in total. The molecule has 1 aliphatic carbocycles. The molecule has 1 aromatic carbocycles. The minimum absolute atomic E-state index is 0.0158. The van der Waals surface area contributed by atoms with Gasteiger partial charge in [-0.1, -0.05) is 6.07 Å². The summed E-state index contributed by atoms with van der Waals surface area (Å²) in [5, 5.41) is 11.8. The fourth-order valence-corrected chi connectivity index (χ4v) is 3.93. The monoisotopic (exact) mass is 468 g/mol. The van der Waals surface area contributed by atoms with Gasteiger partial charge in [-0.2, -0.15) is 18.3 Å². The van der Waals surface area contributed by atoms with Crippen LogP contribution in [0.15, 0.2) is 58.6 Å². The summed E-state index contributed by atoms with van der Waals surface area (Å²) in [5.41, 5.74) is 0.182. The van der Waals surface area contributed by atoms with E-state index in [0.717, 1.165) is 18.9 Å². The highest BCUT2D eigenvalue weighted by Gasteiger charge is 2.37. The van der Waals surface area contributed by atoms with Crippen molar-refractivity contribution in [2.45, 2.75) is 25.9 Å². The van der Waals surface area contributed by atoms with Gasteiger partial charge in [-0.15, -0.1) is 0 Å². The van der Waals surface area contributed by atoms with E-state index in [9.17, 15) is 22.8 Å². The highest BCUT2D eigenvalue weighted by Crippen LogP contribution is 2.43. The summed E-state index contributed by atoms with van der Waals surface area (Å²) in [5.74, 6) is -1.43. The number of halogens is 3. The molecule has 11 heteroatoms. The lowest BCUT2D eigenvalue weighted by atomic mass is 9.91. The maximum Gasteiger partial charge on any atom is 0.417 e. The lowest BCUT2D eigenvalue weighted by Crippen LogP contribution is -2.43. The van der Waals surface area contributed by atoms with Crippen molar-refractivity contribution in [2.75, 3.05) is 0 Å². The van der Waals surface area contributed by atoms with Crippen LogP contribution >= 0.6 is 0 Å². The number of aliphatic imine (C=N–C) groups is 2. The zero-order valence-corrected chi connectivity index (χ0v) is 17.9. The van der Waals surface area contributed by atoms with Crippen LogP contribution in [0.1, 0.15) is 24.1 Å². The van der Waals surface area contributed by atoms with Crippen LogP contribution in [-0.2, 0) is 15.8 Å². The Balaban J connectivity index is 1.66. The first-order valence-corrected chi connectivity index (χ1v) is 10.6. The van der Waals surface area contributed by atoms with Crippen molar-refractivity contribution in [3.63, 3.8) is 0 Å². The molecule has 174 valence electrons.